The maximum Gasteiger partial charge on any atom is 0.153 e. The lowest BCUT2D eigenvalue weighted by molar-refractivity contribution is 1.05. The van der Waals surface area contributed by atoms with Crippen LogP contribution in [0.25, 0.3) is 0 Å². The van der Waals surface area contributed by atoms with Gasteiger partial charge in [0, 0.05) is 6.54 Å². The van der Waals surface area contributed by atoms with Crippen molar-refractivity contribution in [1.29, 1.82) is 5.41 Å². The van der Waals surface area contributed by atoms with E-state index in [1.54, 1.807) is 6.08 Å². The van der Waals surface area contributed by atoms with E-state index < -0.39 is 0 Å². The van der Waals surface area contributed by atoms with E-state index in [2.05, 4.69) is 11.9 Å². The van der Waals surface area contributed by atoms with Crippen molar-refractivity contribution in [3.63, 3.8) is 0 Å². The van der Waals surface area contributed by atoms with Crippen LogP contribution < -0.4 is 5.32 Å². The van der Waals surface area contributed by atoms with Gasteiger partial charge in [-0.05, 0) is 6.26 Å². The third-order valence-corrected chi connectivity index (χ3v) is 1.16. The van der Waals surface area contributed by atoms with E-state index in [9.17, 15) is 0 Å². The van der Waals surface area contributed by atoms with Gasteiger partial charge in [0.15, 0.2) is 5.17 Å². The molecule has 0 aromatic heterocycles. The zero-order valence-electron chi connectivity index (χ0n) is 5.31. The molecule has 0 amide bonds. The fourth-order valence-corrected chi connectivity index (χ4v) is 0.465. The SMILES string of the molecule is C=CCNC(=N)SC.Cl. The van der Waals surface area contributed by atoms with Crippen LogP contribution in [0.3, 0.4) is 0 Å². The van der Waals surface area contributed by atoms with Gasteiger partial charge in [-0.3, -0.25) is 5.41 Å². The minimum atomic E-state index is 0. The maximum atomic E-state index is 7.04. The smallest absolute Gasteiger partial charge is 0.153 e. The van der Waals surface area contributed by atoms with Crippen LogP contribution in [0.1, 0.15) is 0 Å². The Morgan fingerprint density at radius 1 is 1.89 bits per heavy atom. The van der Waals surface area contributed by atoms with Crippen LogP contribution in [-0.2, 0) is 0 Å². The number of amidine groups is 1. The monoisotopic (exact) mass is 166 g/mol. The number of hydrogen-bond acceptors (Lipinski definition) is 2. The number of hydrogen-bond donors (Lipinski definition) is 2. The second kappa shape index (κ2) is 7.85. The lowest BCUT2D eigenvalue weighted by atomic mass is 10.6. The fourth-order valence-electron chi connectivity index (χ4n) is 0.237. The number of rotatable bonds is 2. The van der Waals surface area contributed by atoms with Gasteiger partial charge in [-0.2, -0.15) is 0 Å². The van der Waals surface area contributed by atoms with Gasteiger partial charge in [0.25, 0.3) is 0 Å². The summed E-state index contributed by atoms with van der Waals surface area (Å²) < 4.78 is 0. The van der Waals surface area contributed by atoms with E-state index in [0.29, 0.717) is 11.7 Å². The summed E-state index contributed by atoms with van der Waals surface area (Å²) in [6.45, 7) is 4.18. The van der Waals surface area contributed by atoms with Crippen molar-refractivity contribution >= 4 is 29.3 Å². The van der Waals surface area contributed by atoms with Crippen LogP contribution in [0.2, 0.25) is 0 Å². The fraction of sp³-hybridized carbons (Fsp3) is 0.400. The molecule has 0 saturated carbocycles. The molecule has 2 nitrogen and oxygen atoms in total. The Labute approximate surface area is 66.0 Å². The Bertz CT molecular complexity index is 95.0. The zero-order valence-corrected chi connectivity index (χ0v) is 6.94. The minimum Gasteiger partial charge on any atom is -0.362 e. The van der Waals surface area contributed by atoms with Crippen molar-refractivity contribution in [1.82, 2.24) is 5.32 Å². The highest BCUT2D eigenvalue weighted by Crippen LogP contribution is 1.88. The number of thioether (sulfide) groups is 1. The van der Waals surface area contributed by atoms with Gasteiger partial charge in [-0.25, -0.2) is 0 Å². The average molecular weight is 167 g/mol. The molecule has 0 fully saturated rings. The van der Waals surface area contributed by atoms with Crippen LogP contribution in [0, 0.1) is 5.41 Å². The molecule has 0 bridgehead atoms. The molecule has 0 atom stereocenters. The van der Waals surface area contributed by atoms with Crippen molar-refractivity contribution in [3.8, 4) is 0 Å². The predicted octanol–water partition coefficient (Wildman–Crippen LogP) is 1.48. The van der Waals surface area contributed by atoms with Gasteiger partial charge in [-0.15, -0.1) is 19.0 Å². The highest BCUT2D eigenvalue weighted by atomic mass is 35.5. The highest BCUT2D eigenvalue weighted by Gasteiger charge is 1.84. The Hall–Kier alpha value is -0.150. The third kappa shape index (κ3) is 7.85. The molecular weight excluding hydrogens is 156 g/mol. The van der Waals surface area contributed by atoms with Crippen LogP contribution in [0.15, 0.2) is 12.7 Å². The van der Waals surface area contributed by atoms with Gasteiger partial charge in [0.1, 0.15) is 0 Å². The summed E-state index contributed by atoms with van der Waals surface area (Å²) in [5.41, 5.74) is 0. The summed E-state index contributed by atoms with van der Waals surface area (Å²) in [7, 11) is 0. The molecule has 0 spiro atoms. The molecule has 4 heteroatoms. The van der Waals surface area contributed by atoms with Crippen molar-refractivity contribution in [2.24, 2.45) is 0 Å². The largest absolute Gasteiger partial charge is 0.362 e. The van der Waals surface area contributed by atoms with Crippen LogP contribution >= 0.6 is 24.2 Å². The molecular formula is C5H11ClN2S. The standard InChI is InChI=1S/C5H10N2S.ClH/c1-3-4-7-5(6)8-2;/h3H,1,4H2,2H3,(H2,6,7);1H. The summed E-state index contributed by atoms with van der Waals surface area (Å²) in [5.74, 6) is 0. The quantitative estimate of drug-likeness (QED) is 0.371. The van der Waals surface area contributed by atoms with Crippen molar-refractivity contribution in [3.05, 3.63) is 12.7 Å². The lowest BCUT2D eigenvalue weighted by Crippen LogP contribution is -2.18. The number of nitrogens with one attached hydrogen (secondary N) is 2. The molecule has 0 unspecified atom stereocenters. The van der Waals surface area contributed by atoms with Gasteiger partial charge in [0.2, 0.25) is 0 Å². The Morgan fingerprint density at radius 3 is 2.78 bits per heavy atom. The predicted molar refractivity (Wildman–Crippen MR) is 46.7 cm³/mol. The molecule has 0 aromatic carbocycles. The molecule has 0 heterocycles. The summed E-state index contributed by atoms with van der Waals surface area (Å²) in [6, 6.07) is 0. The Morgan fingerprint density at radius 2 is 2.44 bits per heavy atom. The highest BCUT2D eigenvalue weighted by molar-refractivity contribution is 8.13. The topological polar surface area (TPSA) is 35.9 Å². The lowest BCUT2D eigenvalue weighted by Gasteiger charge is -1.98. The van der Waals surface area contributed by atoms with Crippen molar-refractivity contribution in [2.75, 3.05) is 12.8 Å². The second-order valence-corrected chi connectivity index (χ2v) is 2.02. The summed E-state index contributed by atoms with van der Waals surface area (Å²) in [6.07, 6.45) is 3.59. The molecule has 0 rings (SSSR count). The average Bonchev–Trinajstić information content (AvgIpc) is 1.83. The van der Waals surface area contributed by atoms with E-state index in [1.807, 2.05) is 6.26 Å². The third-order valence-electron chi connectivity index (χ3n) is 0.611. The van der Waals surface area contributed by atoms with Crippen LogP contribution in [0.4, 0.5) is 0 Å². The summed E-state index contributed by atoms with van der Waals surface area (Å²) in [5, 5.41) is 10.3. The number of halogens is 1. The van der Waals surface area contributed by atoms with E-state index in [1.165, 1.54) is 11.8 Å². The first kappa shape index (κ1) is 11.6. The molecule has 2 N–H and O–H groups in total. The molecule has 9 heavy (non-hydrogen) atoms. The first-order valence-electron chi connectivity index (χ1n) is 2.28. The first-order chi connectivity index (χ1) is 3.81. The molecule has 0 aromatic rings. The van der Waals surface area contributed by atoms with Gasteiger partial charge in [-0.1, -0.05) is 17.8 Å². The van der Waals surface area contributed by atoms with Crippen molar-refractivity contribution < 1.29 is 0 Å². The van der Waals surface area contributed by atoms with E-state index in [-0.39, 0.29) is 12.4 Å². The molecule has 0 aliphatic heterocycles. The Balaban J connectivity index is 0. The van der Waals surface area contributed by atoms with Crippen LogP contribution in [-0.4, -0.2) is 18.0 Å². The molecule has 0 aliphatic rings. The minimum absolute atomic E-state index is 0. The normalized spacial score (nSPS) is 7.22. The summed E-state index contributed by atoms with van der Waals surface area (Å²) in [4.78, 5) is 0. The molecule has 0 aliphatic carbocycles. The van der Waals surface area contributed by atoms with E-state index in [0.717, 1.165) is 0 Å². The van der Waals surface area contributed by atoms with Gasteiger partial charge >= 0.3 is 0 Å². The Kier molecular flexibility index (Phi) is 10.1. The van der Waals surface area contributed by atoms with Gasteiger partial charge < -0.3 is 5.32 Å². The molecule has 0 saturated heterocycles. The molecule has 54 valence electrons. The summed E-state index contributed by atoms with van der Waals surface area (Å²) >= 11 is 1.39. The van der Waals surface area contributed by atoms with Gasteiger partial charge in [0.05, 0.1) is 0 Å². The first-order valence-corrected chi connectivity index (χ1v) is 3.51. The van der Waals surface area contributed by atoms with E-state index >= 15 is 0 Å². The molecule has 0 radical (unpaired) electrons. The second-order valence-electron chi connectivity index (χ2n) is 1.20. The van der Waals surface area contributed by atoms with Crippen molar-refractivity contribution in [2.45, 2.75) is 0 Å². The van der Waals surface area contributed by atoms with E-state index in [4.69, 9.17) is 5.41 Å². The van der Waals surface area contributed by atoms with Crippen LogP contribution in [0.5, 0.6) is 0 Å². The zero-order chi connectivity index (χ0) is 6.41. The maximum absolute atomic E-state index is 7.04.